The summed E-state index contributed by atoms with van der Waals surface area (Å²) in [5.41, 5.74) is 3.78. The van der Waals surface area contributed by atoms with Gasteiger partial charge in [0.2, 0.25) is 0 Å². The number of hydrogen-bond donors (Lipinski definition) is 4. The molecule has 4 N–H and O–H groups in total. The first kappa shape index (κ1) is 17.4. The van der Waals surface area contributed by atoms with E-state index in [0.29, 0.717) is 23.4 Å². The van der Waals surface area contributed by atoms with Crippen molar-refractivity contribution in [2.24, 2.45) is 0 Å². The van der Waals surface area contributed by atoms with Crippen LogP contribution in [0.2, 0.25) is 0 Å². The molecule has 0 radical (unpaired) electrons. The normalized spacial score (nSPS) is 17.0. The van der Waals surface area contributed by atoms with E-state index in [1.54, 1.807) is 12.3 Å². The fraction of sp³-hybridized carbons (Fsp3) is 0.316. The average molecular weight is 365 g/mol. The number of carbonyl (C=O) groups excluding carboxylic acids is 1. The molecule has 3 aromatic rings. The maximum absolute atomic E-state index is 12.8. The van der Waals surface area contributed by atoms with Crippen LogP contribution in [0.4, 0.5) is 5.69 Å². The molecule has 1 amide bonds. The second-order valence-corrected chi connectivity index (χ2v) is 6.77. The SMILES string of the molecule is CN(C)c1ccnc(-c2nc3c(C(=O)NC4CNCCN4)cccc3[nH]2)c1. The average Bonchev–Trinajstić information content (AvgIpc) is 3.13. The number of benzene rings is 1. The Morgan fingerprint density at radius 3 is 2.93 bits per heavy atom. The molecule has 8 nitrogen and oxygen atoms in total. The monoisotopic (exact) mass is 365 g/mol. The van der Waals surface area contributed by atoms with Crippen LogP contribution >= 0.6 is 0 Å². The summed E-state index contributed by atoms with van der Waals surface area (Å²) >= 11 is 0. The highest BCUT2D eigenvalue weighted by Gasteiger charge is 2.19. The molecule has 0 saturated carbocycles. The number of piperazine rings is 1. The van der Waals surface area contributed by atoms with Crippen molar-refractivity contribution in [2.75, 3.05) is 38.6 Å². The highest BCUT2D eigenvalue weighted by Crippen LogP contribution is 2.24. The molecule has 0 spiro atoms. The van der Waals surface area contributed by atoms with E-state index in [1.807, 2.05) is 43.3 Å². The number of imidazole rings is 1. The van der Waals surface area contributed by atoms with Crippen LogP contribution < -0.4 is 20.9 Å². The molecule has 4 rings (SSSR count). The topological polar surface area (TPSA) is 98.0 Å². The van der Waals surface area contributed by atoms with Crippen molar-refractivity contribution in [2.45, 2.75) is 6.17 Å². The third kappa shape index (κ3) is 3.62. The van der Waals surface area contributed by atoms with Gasteiger partial charge in [-0.1, -0.05) is 6.07 Å². The van der Waals surface area contributed by atoms with Crippen LogP contribution in [-0.4, -0.2) is 60.8 Å². The van der Waals surface area contributed by atoms with Crippen LogP contribution in [0.3, 0.4) is 0 Å². The maximum Gasteiger partial charge on any atom is 0.254 e. The molecule has 1 aliphatic rings. The van der Waals surface area contributed by atoms with Crippen molar-refractivity contribution < 1.29 is 4.79 Å². The Labute approximate surface area is 157 Å². The fourth-order valence-corrected chi connectivity index (χ4v) is 3.16. The van der Waals surface area contributed by atoms with Gasteiger partial charge in [0.1, 0.15) is 11.2 Å². The van der Waals surface area contributed by atoms with E-state index in [9.17, 15) is 4.79 Å². The van der Waals surface area contributed by atoms with Gasteiger partial charge in [0.15, 0.2) is 5.82 Å². The number of rotatable bonds is 4. The Hall–Kier alpha value is -2.97. The summed E-state index contributed by atoms with van der Waals surface area (Å²) in [6, 6.07) is 9.47. The summed E-state index contributed by atoms with van der Waals surface area (Å²) in [6.07, 6.45) is 1.67. The molecule has 2 aromatic heterocycles. The lowest BCUT2D eigenvalue weighted by molar-refractivity contribution is 0.0926. The van der Waals surface area contributed by atoms with Crippen molar-refractivity contribution in [1.82, 2.24) is 30.9 Å². The molecule has 0 aliphatic carbocycles. The van der Waals surface area contributed by atoms with Gasteiger partial charge in [-0.3, -0.25) is 15.1 Å². The second kappa shape index (κ2) is 7.34. The molecule has 1 saturated heterocycles. The van der Waals surface area contributed by atoms with E-state index in [0.717, 1.165) is 30.0 Å². The smallest absolute Gasteiger partial charge is 0.254 e. The lowest BCUT2D eigenvalue weighted by atomic mass is 10.1. The summed E-state index contributed by atoms with van der Waals surface area (Å²) in [7, 11) is 3.96. The van der Waals surface area contributed by atoms with Gasteiger partial charge in [-0.2, -0.15) is 0 Å². The van der Waals surface area contributed by atoms with Crippen molar-refractivity contribution >= 4 is 22.6 Å². The minimum Gasteiger partial charge on any atom is -0.378 e. The van der Waals surface area contributed by atoms with Crippen molar-refractivity contribution in [1.29, 1.82) is 0 Å². The summed E-state index contributed by atoms with van der Waals surface area (Å²) in [6.45, 7) is 2.44. The number of H-pyrrole nitrogens is 1. The van der Waals surface area contributed by atoms with Gasteiger partial charge in [0.25, 0.3) is 5.91 Å². The van der Waals surface area contributed by atoms with E-state index in [1.165, 1.54) is 0 Å². The number of nitrogens with one attached hydrogen (secondary N) is 4. The molecule has 1 aromatic carbocycles. The number of hydrogen-bond acceptors (Lipinski definition) is 6. The van der Waals surface area contributed by atoms with E-state index >= 15 is 0 Å². The maximum atomic E-state index is 12.8. The third-order valence-corrected chi connectivity index (χ3v) is 4.61. The molecule has 8 heteroatoms. The molecule has 1 atom stereocenters. The third-order valence-electron chi connectivity index (χ3n) is 4.61. The number of aromatic amines is 1. The number of amides is 1. The molecule has 1 aliphatic heterocycles. The van der Waals surface area contributed by atoms with Crippen LogP contribution in [-0.2, 0) is 0 Å². The first-order valence-corrected chi connectivity index (χ1v) is 8.99. The Bertz CT molecular complexity index is 960. The van der Waals surface area contributed by atoms with Gasteiger partial charge in [-0.05, 0) is 24.3 Å². The first-order valence-electron chi connectivity index (χ1n) is 8.99. The Kier molecular flexibility index (Phi) is 4.74. The molecule has 3 heterocycles. The van der Waals surface area contributed by atoms with Crippen molar-refractivity contribution in [3.63, 3.8) is 0 Å². The van der Waals surface area contributed by atoms with Gasteiger partial charge in [0.05, 0.1) is 17.2 Å². The minimum absolute atomic E-state index is 0.0849. The molecule has 140 valence electrons. The van der Waals surface area contributed by atoms with E-state index in [2.05, 4.69) is 30.9 Å². The van der Waals surface area contributed by atoms with Crippen LogP contribution in [0.1, 0.15) is 10.4 Å². The number of para-hydroxylation sites is 1. The molecular formula is C19H23N7O. The minimum atomic E-state index is -0.144. The first-order chi connectivity index (χ1) is 13.1. The highest BCUT2D eigenvalue weighted by molar-refractivity contribution is 6.05. The number of aromatic nitrogens is 3. The van der Waals surface area contributed by atoms with E-state index in [-0.39, 0.29) is 12.1 Å². The van der Waals surface area contributed by atoms with Crippen molar-refractivity contribution in [3.05, 3.63) is 42.1 Å². The molecule has 27 heavy (non-hydrogen) atoms. The predicted octanol–water partition coefficient (Wildman–Crippen LogP) is 0.940. The summed E-state index contributed by atoms with van der Waals surface area (Å²) in [4.78, 5) is 27.1. The standard InChI is InChI=1S/C19H23N7O/c1-26(2)12-6-7-21-15(10-12)18-23-14-5-3-4-13(17(14)25-18)19(27)24-16-11-20-8-9-22-16/h3-7,10,16,20,22H,8-9,11H2,1-2H3,(H,23,25)(H,24,27). The fourth-order valence-electron chi connectivity index (χ4n) is 3.16. The van der Waals surface area contributed by atoms with Crippen LogP contribution in [0, 0.1) is 0 Å². The van der Waals surface area contributed by atoms with Gasteiger partial charge < -0.3 is 20.5 Å². The molecule has 0 bridgehead atoms. The van der Waals surface area contributed by atoms with Gasteiger partial charge in [-0.15, -0.1) is 0 Å². The van der Waals surface area contributed by atoms with E-state index in [4.69, 9.17) is 0 Å². The number of pyridine rings is 1. The quantitative estimate of drug-likeness (QED) is 0.549. The zero-order valence-corrected chi connectivity index (χ0v) is 15.4. The van der Waals surface area contributed by atoms with Crippen molar-refractivity contribution in [3.8, 4) is 11.5 Å². The van der Waals surface area contributed by atoms with Crippen LogP contribution in [0.15, 0.2) is 36.5 Å². The lowest BCUT2D eigenvalue weighted by Crippen LogP contribution is -2.57. The lowest BCUT2D eigenvalue weighted by Gasteiger charge is -2.25. The number of fused-ring (bicyclic) bond motifs is 1. The Morgan fingerprint density at radius 1 is 1.26 bits per heavy atom. The van der Waals surface area contributed by atoms with Gasteiger partial charge in [-0.25, -0.2) is 4.98 Å². The van der Waals surface area contributed by atoms with Gasteiger partial charge in [0, 0.05) is 45.6 Å². The molecular weight excluding hydrogens is 342 g/mol. The predicted molar refractivity (Wildman–Crippen MR) is 106 cm³/mol. The Balaban J connectivity index is 1.66. The largest absolute Gasteiger partial charge is 0.378 e. The zero-order chi connectivity index (χ0) is 18.8. The summed E-state index contributed by atoms with van der Waals surface area (Å²) < 4.78 is 0. The molecule has 1 fully saturated rings. The summed E-state index contributed by atoms with van der Waals surface area (Å²) in [5.74, 6) is 0.501. The zero-order valence-electron chi connectivity index (χ0n) is 15.4. The number of carbonyl (C=O) groups is 1. The summed E-state index contributed by atoms with van der Waals surface area (Å²) in [5, 5.41) is 9.55. The molecule has 1 unspecified atom stereocenters. The van der Waals surface area contributed by atoms with Crippen LogP contribution in [0.25, 0.3) is 22.6 Å². The van der Waals surface area contributed by atoms with E-state index < -0.39 is 0 Å². The van der Waals surface area contributed by atoms with Crippen LogP contribution in [0.5, 0.6) is 0 Å². The highest BCUT2D eigenvalue weighted by atomic mass is 16.1. The van der Waals surface area contributed by atoms with Gasteiger partial charge >= 0.3 is 0 Å². The number of nitrogens with zero attached hydrogens (tertiary/aromatic N) is 3. The number of anilines is 1. The second-order valence-electron chi connectivity index (χ2n) is 6.77. The Morgan fingerprint density at radius 2 is 2.15 bits per heavy atom.